The topological polar surface area (TPSA) is 90.0 Å². The van der Waals surface area contributed by atoms with Crippen LogP contribution in [0.4, 0.5) is 4.79 Å². The van der Waals surface area contributed by atoms with Gasteiger partial charge < -0.3 is 14.4 Å². The van der Waals surface area contributed by atoms with Crippen molar-refractivity contribution in [3.8, 4) is 0 Å². The van der Waals surface area contributed by atoms with E-state index in [2.05, 4.69) is 6.58 Å². The lowest BCUT2D eigenvalue weighted by Crippen LogP contribution is -2.48. The molecule has 1 aromatic carbocycles. The fraction of sp³-hybridized carbons (Fsp3) is 0.545. The number of sulfone groups is 1. The van der Waals surface area contributed by atoms with Crippen LogP contribution in [0.15, 0.2) is 46.7 Å². The SMILES string of the molecule is C=C(C(CC1CCCCN1C(=O)OC(C)(C)C)OC(C)=O)S(=O)(=O)c1ccccc1. The summed E-state index contributed by atoms with van der Waals surface area (Å²) in [4.78, 5) is 25.9. The highest BCUT2D eigenvalue weighted by molar-refractivity contribution is 7.95. The van der Waals surface area contributed by atoms with E-state index < -0.39 is 33.6 Å². The molecule has 8 heteroatoms. The highest BCUT2D eigenvalue weighted by atomic mass is 32.2. The van der Waals surface area contributed by atoms with E-state index in [0.717, 1.165) is 12.8 Å². The molecule has 1 heterocycles. The van der Waals surface area contributed by atoms with Gasteiger partial charge in [-0.05, 0) is 52.2 Å². The molecule has 0 N–H and O–H groups in total. The van der Waals surface area contributed by atoms with Gasteiger partial charge in [-0.3, -0.25) is 4.79 Å². The number of esters is 1. The molecule has 166 valence electrons. The maximum atomic E-state index is 13.0. The second-order valence-electron chi connectivity index (χ2n) is 8.44. The Morgan fingerprint density at radius 2 is 1.83 bits per heavy atom. The molecule has 2 unspecified atom stereocenters. The van der Waals surface area contributed by atoms with Crippen LogP contribution < -0.4 is 0 Å². The minimum absolute atomic E-state index is 0.0831. The maximum absolute atomic E-state index is 13.0. The maximum Gasteiger partial charge on any atom is 0.410 e. The van der Waals surface area contributed by atoms with Gasteiger partial charge in [-0.15, -0.1) is 0 Å². The first-order valence-corrected chi connectivity index (χ1v) is 11.6. The van der Waals surface area contributed by atoms with Crippen molar-refractivity contribution >= 4 is 21.9 Å². The molecule has 1 aliphatic rings. The molecule has 0 radical (unpaired) electrons. The van der Waals surface area contributed by atoms with Crippen molar-refractivity contribution in [2.24, 2.45) is 0 Å². The van der Waals surface area contributed by atoms with E-state index in [0.29, 0.717) is 13.0 Å². The highest BCUT2D eigenvalue weighted by Crippen LogP contribution is 2.29. The summed E-state index contributed by atoms with van der Waals surface area (Å²) in [5, 5.41) is 0. The van der Waals surface area contributed by atoms with Gasteiger partial charge >= 0.3 is 12.1 Å². The third kappa shape index (κ3) is 6.32. The van der Waals surface area contributed by atoms with Crippen LogP contribution in [0.5, 0.6) is 0 Å². The fourth-order valence-corrected chi connectivity index (χ4v) is 4.73. The number of rotatable bonds is 6. The first-order valence-electron chi connectivity index (χ1n) is 10.1. The second-order valence-corrected chi connectivity index (χ2v) is 10.4. The van der Waals surface area contributed by atoms with Gasteiger partial charge in [0, 0.05) is 25.9 Å². The largest absolute Gasteiger partial charge is 0.457 e. The Morgan fingerprint density at radius 1 is 1.20 bits per heavy atom. The van der Waals surface area contributed by atoms with Crippen LogP contribution in [0.3, 0.4) is 0 Å². The highest BCUT2D eigenvalue weighted by Gasteiger charge is 2.36. The summed E-state index contributed by atoms with van der Waals surface area (Å²) >= 11 is 0. The Morgan fingerprint density at radius 3 is 2.40 bits per heavy atom. The monoisotopic (exact) mass is 437 g/mol. The summed E-state index contributed by atoms with van der Waals surface area (Å²) < 4.78 is 36.9. The molecule has 2 rings (SSSR count). The standard InChI is InChI=1S/C22H31NO6S/c1-16(30(26,27)19-12-7-6-8-13-19)20(28-17(2)24)15-18-11-9-10-14-23(18)21(25)29-22(3,4)5/h6-8,12-13,18,20H,1,9-11,14-15H2,2-5H3. The van der Waals surface area contributed by atoms with Crippen LogP contribution in [-0.4, -0.2) is 49.7 Å². The predicted octanol–water partition coefficient (Wildman–Crippen LogP) is 4.09. The lowest BCUT2D eigenvalue weighted by molar-refractivity contribution is -0.145. The van der Waals surface area contributed by atoms with Gasteiger partial charge in [-0.25, -0.2) is 13.2 Å². The number of piperidine rings is 1. The second kappa shape index (κ2) is 9.64. The molecule has 30 heavy (non-hydrogen) atoms. The predicted molar refractivity (Wildman–Crippen MR) is 114 cm³/mol. The molecule has 0 bridgehead atoms. The van der Waals surface area contributed by atoms with Crippen molar-refractivity contribution in [2.75, 3.05) is 6.54 Å². The summed E-state index contributed by atoms with van der Waals surface area (Å²) in [6.07, 6.45) is 0.997. The molecule has 1 aliphatic heterocycles. The van der Waals surface area contributed by atoms with Crippen LogP contribution in [0.1, 0.15) is 53.4 Å². The number of hydrogen-bond donors (Lipinski definition) is 0. The molecule has 0 saturated carbocycles. The van der Waals surface area contributed by atoms with E-state index in [4.69, 9.17) is 9.47 Å². The van der Waals surface area contributed by atoms with Gasteiger partial charge in [-0.2, -0.15) is 0 Å². The molecule has 1 aromatic rings. The molecule has 1 amide bonds. The van der Waals surface area contributed by atoms with Gasteiger partial charge in [0.15, 0.2) is 0 Å². The first-order chi connectivity index (χ1) is 13.9. The van der Waals surface area contributed by atoms with Gasteiger partial charge in [0.25, 0.3) is 0 Å². The summed E-state index contributed by atoms with van der Waals surface area (Å²) in [6.45, 7) is 10.9. The smallest absolute Gasteiger partial charge is 0.410 e. The molecule has 1 saturated heterocycles. The summed E-state index contributed by atoms with van der Waals surface area (Å²) in [7, 11) is -3.91. The van der Waals surface area contributed by atoms with Crippen molar-refractivity contribution in [1.82, 2.24) is 4.90 Å². The zero-order chi connectivity index (χ0) is 22.5. The van der Waals surface area contributed by atoms with Gasteiger partial charge in [0.05, 0.1) is 9.80 Å². The van der Waals surface area contributed by atoms with Crippen LogP contribution in [0.2, 0.25) is 0 Å². The van der Waals surface area contributed by atoms with Crippen LogP contribution in [-0.2, 0) is 24.1 Å². The molecular formula is C22H31NO6S. The van der Waals surface area contributed by atoms with Crippen molar-refractivity contribution in [2.45, 2.75) is 76.0 Å². The molecule has 0 aliphatic carbocycles. The van der Waals surface area contributed by atoms with Crippen LogP contribution in [0, 0.1) is 0 Å². The number of benzene rings is 1. The number of carbonyl (C=O) groups excluding carboxylic acids is 2. The Hall–Kier alpha value is -2.35. The first kappa shape index (κ1) is 23.9. The van der Waals surface area contributed by atoms with E-state index in [1.165, 1.54) is 19.1 Å². The zero-order valence-electron chi connectivity index (χ0n) is 18.1. The summed E-state index contributed by atoms with van der Waals surface area (Å²) in [5.74, 6) is -0.607. The average molecular weight is 438 g/mol. The number of amides is 1. The number of ether oxygens (including phenoxy) is 2. The number of nitrogens with zero attached hydrogens (tertiary/aromatic N) is 1. The quantitative estimate of drug-likeness (QED) is 0.623. The third-order valence-electron chi connectivity index (χ3n) is 4.81. The summed E-state index contributed by atoms with van der Waals surface area (Å²) in [6, 6.07) is 7.57. The Kier molecular flexibility index (Phi) is 7.69. The fourth-order valence-electron chi connectivity index (χ4n) is 3.42. The number of carbonyl (C=O) groups is 2. The lowest BCUT2D eigenvalue weighted by Gasteiger charge is -2.38. The van der Waals surface area contributed by atoms with E-state index in [9.17, 15) is 18.0 Å². The molecule has 7 nitrogen and oxygen atoms in total. The van der Waals surface area contributed by atoms with E-state index >= 15 is 0 Å². The number of hydrogen-bond acceptors (Lipinski definition) is 6. The Balaban J connectivity index is 2.27. The molecular weight excluding hydrogens is 406 g/mol. The van der Waals surface area contributed by atoms with Crippen molar-refractivity contribution < 1.29 is 27.5 Å². The molecule has 0 spiro atoms. The average Bonchev–Trinajstić information content (AvgIpc) is 2.66. The normalized spacial score (nSPS) is 18.4. The van der Waals surface area contributed by atoms with Crippen molar-refractivity contribution in [1.29, 1.82) is 0 Å². The van der Waals surface area contributed by atoms with Gasteiger partial charge in [0.2, 0.25) is 9.84 Å². The molecule has 2 atom stereocenters. The lowest BCUT2D eigenvalue weighted by atomic mass is 9.97. The van der Waals surface area contributed by atoms with Gasteiger partial charge in [0.1, 0.15) is 11.7 Å². The van der Waals surface area contributed by atoms with Crippen LogP contribution >= 0.6 is 0 Å². The van der Waals surface area contributed by atoms with Crippen molar-refractivity contribution in [3.63, 3.8) is 0 Å². The Bertz CT molecular complexity index is 873. The molecule has 1 fully saturated rings. The van der Waals surface area contributed by atoms with E-state index in [1.807, 2.05) is 0 Å². The zero-order valence-corrected chi connectivity index (χ0v) is 18.9. The Labute approximate surface area is 179 Å². The molecule has 0 aromatic heterocycles. The van der Waals surface area contributed by atoms with E-state index in [-0.39, 0.29) is 22.3 Å². The van der Waals surface area contributed by atoms with Gasteiger partial charge in [-0.1, -0.05) is 24.8 Å². The van der Waals surface area contributed by atoms with Crippen LogP contribution in [0.25, 0.3) is 0 Å². The third-order valence-corrected chi connectivity index (χ3v) is 6.65. The van der Waals surface area contributed by atoms with E-state index in [1.54, 1.807) is 43.9 Å². The number of likely N-dealkylation sites (tertiary alicyclic amines) is 1. The van der Waals surface area contributed by atoms with Crippen molar-refractivity contribution in [3.05, 3.63) is 41.8 Å². The minimum Gasteiger partial charge on any atom is -0.457 e. The minimum atomic E-state index is -3.91. The summed E-state index contributed by atoms with van der Waals surface area (Å²) in [5.41, 5.74) is -0.644.